The van der Waals surface area contributed by atoms with E-state index in [2.05, 4.69) is 15.4 Å². The maximum atomic E-state index is 13.0. The van der Waals surface area contributed by atoms with Crippen molar-refractivity contribution in [3.8, 4) is 16.4 Å². The van der Waals surface area contributed by atoms with Crippen LogP contribution in [0.15, 0.2) is 52.6 Å². The average Bonchev–Trinajstić information content (AvgIpc) is 3.35. The molecule has 0 unspecified atom stereocenters. The highest BCUT2D eigenvalue weighted by atomic mass is 35.5. The molecule has 8 heteroatoms. The minimum atomic E-state index is -0.182. The summed E-state index contributed by atoms with van der Waals surface area (Å²) in [4.78, 5) is 30.0. The molecule has 2 N–H and O–H groups in total. The molecular formula is C24H23ClN4O2S. The quantitative estimate of drug-likeness (QED) is 0.397. The molecule has 164 valence electrons. The van der Waals surface area contributed by atoms with E-state index in [0.717, 1.165) is 28.2 Å². The lowest BCUT2D eigenvalue weighted by molar-refractivity contribution is -0.116. The summed E-state index contributed by atoms with van der Waals surface area (Å²) in [5.74, 6) is -0.126. The molecule has 6 nitrogen and oxygen atoms in total. The molecule has 0 fully saturated rings. The van der Waals surface area contributed by atoms with Crippen molar-refractivity contribution in [3.05, 3.63) is 85.6 Å². The van der Waals surface area contributed by atoms with Gasteiger partial charge in [-0.15, -0.1) is 11.3 Å². The van der Waals surface area contributed by atoms with Gasteiger partial charge in [-0.1, -0.05) is 29.8 Å². The molecule has 4 rings (SSSR count). The molecule has 0 saturated carbocycles. The van der Waals surface area contributed by atoms with E-state index in [9.17, 15) is 9.59 Å². The molecule has 0 spiro atoms. The zero-order valence-electron chi connectivity index (χ0n) is 18.0. The number of thiazole rings is 1. The predicted octanol–water partition coefficient (Wildman–Crippen LogP) is 5.44. The van der Waals surface area contributed by atoms with Gasteiger partial charge in [0.25, 0.3) is 5.56 Å². The lowest BCUT2D eigenvalue weighted by atomic mass is 10.1. The van der Waals surface area contributed by atoms with Crippen molar-refractivity contribution in [2.45, 2.75) is 33.6 Å². The topological polar surface area (TPSA) is 79.8 Å². The first-order chi connectivity index (χ1) is 15.3. The molecule has 0 bridgehead atoms. The maximum Gasteiger partial charge on any atom is 0.276 e. The number of hydrogen-bond acceptors (Lipinski definition) is 4. The summed E-state index contributed by atoms with van der Waals surface area (Å²) in [5.41, 5.74) is 5.89. The fraction of sp³-hybridized carbons (Fsp3) is 0.208. The number of H-pyrrole nitrogens is 1. The highest BCUT2D eigenvalue weighted by molar-refractivity contribution is 7.12. The number of carbonyl (C=O) groups is 1. The molecule has 0 aliphatic heterocycles. The van der Waals surface area contributed by atoms with Crippen LogP contribution in [0, 0.1) is 20.8 Å². The summed E-state index contributed by atoms with van der Waals surface area (Å²) < 4.78 is 1.44. The minimum absolute atomic E-state index is 0.126. The van der Waals surface area contributed by atoms with E-state index < -0.39 is 0 Å². The van der Waals surface area contributed by atoms with E-state index in [0.29, 0.717) is 22.1 Å². The smallest absolute Gasteiger partial charge is 0.276 e. The number of nitrogens with one attached hydrogen (secondary N) is 2. The number of anilines is 1. The second-order valence-corrected chi connectivity index (χ2v) is 9.00. The van der Waals surface area contributed by atoms with Gasteiger partial charge in [-0.25, -0.2) is 4.98 Å². The first kappa shape index (κ1) is 22.0. The average molecular weight is 467 g/mol. The van der Waals surface area contributed by atoms with Crippen LogP contribution in [-0.2, 0) is 11.2 Å². The lowest BCUT2D eigenvalue weighted by Crippen LogP contribution is -2.19. The van der Waals surface area contributed by atoms with Gasteiger partial charge in [0.05, 0.1) is 5.69 Å². The van der Waals surface area contributed by atoms with Crippen LogP contribution in [0.25, 0.3) is 16.4 Å². The Balaban J connectivity index is 1.47. The van der Waals surface area contributed by atoms with E-state index >= 15 is 0 Å². The molecule has 0 aliphatic carbocycles. The first-order valence-electron chi connectivity index (χ1n) is 10.2. The second-order valence-electron chi connectivity index (χ2n) is 7.73. The van der Waals surface area contributed by atoms with E-state index in [1.165, 1.54) is 21.6 Å². The number of nitrogens with zero attached hydrogens (tertiary/aromatic N) is 2. The molecule has 1 amide bonds. The molecule has 2 aromatic heterocycles. The third-order valence-electron chi connectivity index (χ3n) is 5.41. The van der Waals surface area contributed by atoms with Gasteiger partial charge in [0.2, 0.25) is 11.0 Å². The normalized spacial score (nSPS) is 11.0. The molecular weight excluding hydrogens is 444 g/mol. The van der Waals surface area contributed by atoms with Gasteiger partial charge in [0.1, 0.15) is 0 Å². The van der Waals surface area contributed by atoms with Crippen LogP contribution >= 0.6 is 22.9 Å². The summed E-state index contributed by atoms with van der Waals surface area (Å²) in [6.45, 7) is 5.87. The fourth-order valence-corrected chi connectivity index (χ4v) is 4.33. The van der Waals surface area contributed by atoms with Crippen molar-refractivity contribution >= 4 is 34.5 Å². The van der Waals surface area contributed by atoms with Gasteiger partial charge in [-0.05, 0) is 62.6 Å². The van der Waals surface area contributed by atoms with E-state index in [1.807, 2.05) is 68.6 Å². The summed E-state index contributed by atoms with van der Waals surface area (Å²) in [7, 11) is 0. The number of rotatable bonds is 6. The number of hydrogen-bond donors (Lipinski definition) is 2. The molecule has 0 aliphatic rings. The monoisotopic (exact) mass is 466 g/mol. The standard InChI is InChI=1S/C24H23ClN4O2S/c1-14-4-9-19(12-15(14)2)26-22(30)11-10-20-16(3)28-29(23(20)31)24-27-21(13-32-24)17-5-7-18(25)8-6-17/h4-9,12-13,28H,10-11H2,1-3H3,(H,26,30). The number of aromatic amines is 1. The number of amides is 1. The SMILES string of the molecule is Cc1ccc(NC(=O)CCc2c(C)[nH]n(-c3nc(-c4ccc(Cl)cc4)cs3)c2=O)cc1C. The number of aryl methyl sites for hydroxylation is 3. The predicted molar refractivity (Wildman–Crippen MR) is 130 cm³/mol. The molecule has 0 atom stereocenters. The van der Waals surface area contributed by atoms with Gasteiger partial charge in [-0.2, -0.15) is 4.68 Å². The van der Waals surface area contributed by atoms with Crippen molar-refractivity contribution < 1.29 is 4.79 Å². The highest BCUT2D eigenvalue weighted by Crippen LogP contribution is 2.25. The van der Waals surface area contributed by atoms with Gasteiger partial charge >= 0.3 is 0 Å². The van der Waals surface area contributed by atoms with Crippen LogP contribution in [0.2, 0.25) is 5.02 Å². The van der Waals surface area contributed by atoms with Crippen molar-refractivity contribution in [2.75, 3.05) is 5.32 Å². The molecule has 32 heavy (non-hydrogen) atoms. The highest BCUT2D eigenvalue weighted by Gasteiger charge is 2.16. The summed E-state index contributed by atoms with van der Waals surface area (Å²) in [6.07, 6.45) is 0.564. The molecule has 4 aromatic rings. The molecule has 2 heterocycles. The van der Waals surface area contributed by atoms with Crippen LogP contribution in [0.1, 0.15) is 28.8 Å². The summed E-state index contributed by atoms with van der Waals surface area (Å²) in [6, 6.07) is 13.2. The Morgan fingerprint density at radius 2 is 1.88 bits per heavy atom. The number of benzene rings is 2. The lowest BCUT2D eigenvalue weighted by Gasteiger charge is -2.07. The second kappa shape index (κ2) is 9.14. The van der Waals surface area contributed by atoms with Crippen molar-refractivity contribution in [1.82, 2.24) is 14.8 Å². The maximum absolute atomic E-state index is 13.0. The third kappa shape index (κ3) is 4.69. The Morgan fingerprint density at radius 3 is 2.59 bits per heavy atom. The van der Waals surface area contributed by atoms with E-state index in [-0.39, 0.29) is 17.9 Å². The molecule has 0 radical (unpaired) electrons. The number of aromatic nitrogens is 3. The zero-order chi connectivity index (χ0) is 22.8. The fourth-order valence-electron chi connectivity index (χ4n) is 3.41. The molecule has 2 aromatic carbocycles. The van der Waals surface area contributed by atoms with Crippen LogP contribution in [0.3, 0.4) is 0 Å². The zero-order valence-corrected chi connectivity index (χ0v) is 19.6. The van der Waals surface area contributed by atoms with Crippen molar-refractivity contribution in [3.63, 3.8) is 0 Å². The Morgan fingerprint density at radius 1 is 1.12 bits per heavy atom. The van der Waals surface area contributed by atoms with Crippen LogP contribution in [0.5, 0.6) is 0 Å². The van der Waals surface area contributed by atoms with Gasteiger partial charge in [0, 0.05) is 39.3 Å². The van der Waals surface area contributed by atoms with Crippen LogP contribution in [0.4, 0.5) is 5.69 Å². The third-order valence-corrected chi connectivity index (χ3v) is 6.49. The first-order valence-corrected chi connectivity index (χ1v) is 11.5. The van der Waals surface area contributed by atoms with Gasteiger partial charge in [0.15, 0.2) is 0 Å². The number of halogens is 1. The Bertz CT molecular complexity index is 1340. The summed E-state index contributed by atoms with van der Waals surface area (Å²) >= 11 is 7.33. The Hall–Kier alpha value is -3.16. The number of carbonyl (C=O) groups excluding carboxylic acids is 1. The largest absolute Gasteiger partial charge is 0.326 e. The van der Waals surface area contributed by atoms with Crippen molar-refractivity contribution in [2.24, 2.45) is 0 Å². The molecule has 0 saturated heterocycles. The van der Waals surface area contributed by atoms with Crippen LogP contribution in [-0.4, -0.2) is 20.7 Å². The van der Waals surface area contributed by atoms with Crippen LogP contribution < -0.4 is 10.9 Å². The van der Waals surface area contributed by atoms with Gasteiger partial charge in [-0.3, -0.25) is 14.7 Å². The Kier molecular flexibility index (Phi) is 6.30. The van der Waals surface area contributed by atoms with E-state index in [1.54, 1.807) is 0 Å². The van der Waals surface area contributed by atoms with E-state index in [4.69, 9.17) is 11.6 Å². The van der Waals surface area contributed by atoms with Crippen molar-refractivity contribution in [1.29, 1.82) is 0 Å². The van der Waals surface area contributed by atoms with Gasteiger partial charge < -0.3 is 5.32 Å². The summed E-state index contributed by atoms with van der Waals surface area (Å²) in [5, 5.41) is 9.10. The minimum Gasteiger partial charge on any atom is -0.326 e. The Labute approximate surface area is 194 Å².